The van der Waals surface area contributed by atoms with E-state index in [9.17, 15) is 19.8 Å². The summed E-state index contributed by atoms with van der Waals surface area (Å²) >= 11 is 0. The number of allylic oxidation sites excluding steroid dienone is 5. The molecule has 0 aromatic carbocycles. The van der Waals surface area contributed by atoms with Crippen LogP contribution in [0.1, 0.15) is 431 Å². The highest BCUT2D eigenvalue weighted by Crippen LogP contribution is 2.19. The third-order valence-corrected chi connectivity index (χ3v) is 18.1. The number of hydrogen-bond acceptors (Lipinski definition) is 5. The van der Waals surface area contributed by atoms with Gasteiger partial charge in [0.15, 0.2) is 0 Å². The standard InChI is InChI=1S/C79H151NO5/c1-3-5-7-9-11-13-15-17-18-19-20-21-35-38-41-44-48-51-55-59-63-67-71-77(82)76(75-81)80-78(83)72-68-64-60-56-52-49-45-42-39-36-33-31-29-27-25-23-22-24-26-28-30-32-34-37-40-43-46-50-54-58-62-66-70-74-85-79(84)73-69-65-61-57-53-47-16-14-12-10-8-6-4-2/h14,16,26,28,67,71,76-77,81-82H,3-13,15,17-25,27,29-66,68-70,72-75H2,1-2H3,(H,80,83)/b16-14-,28-26-,71-67+. The van der Waals surface area contributed by atoms with Crippen molar-refractivity contribution in [3.63, 3.8) is 0 Å². The first-order valence-corrected chi connectivity index (χ1v) is 38.8. The number of aliphatic hydroxyl groups is 2. The van der Waals surface area contributed by atoms with Gasteiger partial charge in [0.05, 0.1) is 25.4 Å². The summed E-state index contributed by atoms with van der Waals surface area (Å²) in [5.74, 6) is -0.0507. The zero-order chi connectivity index (χ0) is 61.3. The van der Waals surface area contributed by atoms with E-state index in [1.165, 1.54) is 360 Å². The molecule has 0 saturated carbocycles. The molecule has 0 saturated heterocycles. The molecule has 0 spiro atoms. The number of unbranched alkanes of at least 4 members (excludes halogenated alkanes) is 58. The molecule has 2 atom stereocenters. The molecule has 6 nitrogen and oxygen atoms in total. The molecule has 0 fully saturated rings. The van der Waals surface area contributed by atoms with Crippen molar-refractivity contribution in [2.45, 2.75) is 443 Å². The van der Waals surface area contributed by atoms with Crippen molar-refractivity contribution in [2.75, 3.05) is 13.2 Å². The van der Waals surface area contributed by atoms with Crippen LogP contribution in [0.4, 0.5) is 0 Å². The van der Waals surface area contributed by atoms with E-state index in [1.807, 2.05) is 6.08 Å². The summed E-state index contributed by atoms with van der Waals surface area (Å²) in [5, 5.41) is 23.3. The minimum Gasteiger partial charge on any atom is -0.466 e. The summed E-state index contributed by atoms with van der Waals surface area (Å²) in [4.78, 5) is 24.6. The highest BCUT2D eigenvalue weighted by molar-refractivity contribution is 5.76. The van der Waals surface area contributed by atoms with E-state index in [4.69, 9.17) is 4.74 Å². The zero-order valence-electron chi connectivity index (χ0n) is 57.6. The van der Waals surface area contributed by atoms with Crippen molar-refractivity contribution in [3.8, 4) is 0 Å². The Balaban J connectivity index is 3.38. The second-order valence-corrected chi connectivity index (χ2v) is 26.7. The van der Waals surface area contributed by atoms with Crippen LogP contribution in [0.2, 0.25) is 0 Å². The van der Waals surface area contributed by atoms with Crippen molar-refractivity contribution in [3.05, 3.63) is 36.5 Å². The van der Waals surface area contributed by atoms with Gasteiger partial charge in [-0.25, -0.2) is 0 Å². The summed E-state index contributed by atoms with van der Waals surface area (Å²) in [6.45, 7) is 4.93. The molecule has 0 bridgehead atoms. The number of aliphatic hydroxyl groups excluding tert-OH is 2. The molecule has 0 aliphatic carbocycles. The number of amides is 1. The quantitative estimate of drug-likeness (QED) is 0.0320. The van der Waals surface area contributed by atoms with E-state index in [0.29, 0.717) is 19.4 Å². The second-order valence-electron chi connectivity index (χ2n) is 26.7. The van der Waals surface area contributed by atoms with Crippen molar-refractivity contribution in [1.82, 2.24) is 5.32 Å². The van der Waals surface area contributed by atoms with Gasteiger partial charge in [-0.15, -0.1) is 0 Å². The van der Waals surface area contributed by atoms with Crippen LogP contribution in [0.15, 0.2) is 36.5 Å². The summed E-state index contributed by atoms with van der Waals surface area (Å²) in [7, 11) is 0. The lowest BCUT2D eigenvalue weighted by molar-refractivity contribution is -0.143. The third kappa shape index (κ3) is 71.0. The van der Waals surface area contributed by atoms with Gasteiger partial charge >= 0.3 is 5.97 Å². The predicted octanol–water partition coefficient (Wildman–Crippen LogP) is 25.4. The summed E-state index contributed by atoms with van der Waals surface area (Å²) in [6, 6.07) is -0.627. The Morgan fingerprint density at radius 1 is 0.318 bits per heavy atom. The molecule has 85 heavy (non-hydrogen) atoms. The van der Waals surface area contributed by atoms with Crippen molar-refractivity contribution in [2.24, 2.45) is 0 Å². The first kappa shape index (κ1) is 83.1. The Labute approximate surface area is 532 Å². The Bertz CT molecular complexity index is 1380. The normalized spacial score (nSPS) is 12.7. The van der Waals surface area contributed by atoms with E-state index in [1.54, 1.807) is 6.08 Å². The molecule has 0 rings (SSSR count). The summed E-state index contributed by atoms with van der Waals surface area (Å²) < 4.78 is 5.48. The second kappa shape index (κ2) is 74.5. The molecule has 6 heteroatoms. The van der Waals surface area contributed by atoms with Gasteiger partial charge in [0.2, 0.25) is 5.91 Å². The lowest BCUT2D eigenvalue weighted by Crippen LogP contribution is -2.45. The smallest absolute Gasteiger partial charge is 0.305 e. The highest BCUT2D eigenvalue weighted by Gasteiger charge is 2.18. The highest BCUT2D eigenvalue weighted by atomic mass is 16.5. The molecule has 0 aliphatic heterocycles. The van der Waals surface area contributed by atoms with Gasteiger partial charge in [-0.1, -0.05) is 371 Å². The maximum atomic E-state index is 12.5. The number of carbonyl (C=O) groups excluding carboxylic acids is 2. The molecule has 0 aliphatic rings. The van der Waals surface area contributed by atoms with Gasteiger partial charge in [-0.3, -0.25) is 9.59 Å². The molecule has 0 aromatic heterocycles. The average molecular weight is 1200 g/mol. The molecule has 0 aromatic rings. The monoisotopic (exact) mass is 1190 g/mol. The van der Waals surface area contributed by atoms with Crippen LogP contribution in [-0.2, 0) is 14.3 Å². The maximum absolute atomic E-state index is 12.5. The van der Waals surface area contributed by atoms with Crippen LogP contribution in [0.25, 0.3) is 0 Å². The molecule has 502 valence electrons. The van der Waals surface area contributed by atoms with Crippen molar-refractivity contribution < 1.29 is 24.5 Å². The molecular formula is C79H151NO5. The van der Waals surface area contributed by atoms with E-state index < -0.39 is 12.1 Å². The SMILES string of the molecule is CCCCCC/C=C\CCCCCCCC(=O)OCCCCCCCCCCCCCC/C=C\CCCCCCCCCCCCCCCCCCCC(=O)NC(CO)C(O)/C=C/CCCCCCCCCCCCCCCCCCCCCC. The fourth-order valence-electron chi connectivity index (χ4n) is 12.2. The van der Waals surface area contributed by atoms with Crippen LogP contribution >= 0.6 is 0 Å². The summed E-state index contributed by atoms with van der Waals surface area (Å²) in [6.07, 6.45) is 96.9. The van der Waals surface area contributed by atoms with Crippen molar-refractivity contribution in [1.29, 1.82) is 0 Å². The van der Waals surface area contributed by atoms with Crippen molar-refractivity contribution >= 4 is 11.9 Å². The number of esters is 1. The topological polar surface area (TPSA) is 95.9 Å². The molecule has 3 N–H and O–H groups in total. The fourth-order valence-corrected chi connectivity index (χ4v) is 12.2. The number of carbonyl (C=O) groups is 2. The van der Waals surface area contributed by atoms with Gasteiger partial charge in [-0.05, 0) is 83.5 Å². The van der Waals surface area contributed by atoms with Crippen LogP contribution in [0.5, 0.6) is 0 Å². The minimum atomic E-state index is -0.844. The zero-order valence-corrected chi connectivity index (χ0v) is 57.6. The van der Waals surface area contributed by atoms with Crippen LogP contribution in [-0.4, -0.2) is 47.4 Å². The number of ether oxygens (including phenoxy) is 1. The largest absolute Gasteiger partial charge is 0.466 e. The van der Waals surface area contributed by atoms with E-state index in [2.05, 4.69) is 43.5 Å². The van der Waals surface area contributed by atoms with E-state index in [-0.39, 0.29) is 18.5 Å². The number of hydrogen-bond donors (Lipinski definition) is 3. The Morgan fingerprint density at radius 2 is 0.553 bits per heavy atom. The first-order valence-electron chi connectivity index (χ1n) is 38.8. The third-order valence-electron chi connectivity index (χ3n) is 18.1. The number of nitrogens with one attached hydrogen (secondary N) is 1. The summed E-state index contributed by atoms with van der Waals surface area (Å²) in [5.41, 5.74) is 0. The molecular weight excluding hydrogens is 1040 g/mol. The Hall–Kier alpha value is -1.92. The van der Waals surface area contributed by atoms with E-state index in [0.717, 1.165) is 44.9 Å². The van der Waals surface area contributed by atoms with Gasteiger partial charge in [-0.2, -0.15) is 0 Å². The fraction of sp³-hybridized carbons (Fsp3) is 0.899. The minimum absolute atomic E-state index is 0.00971. The molecule has 1 amide bonds. The van der Waals surface area contributed by atoms with Crippen LogP contribution in [0, 0.1) is 0 Å². The van der Waals surface area contributed by atoms with Gasteiger partial charge in [0.25, 0.3) is 0 Å². The van der Waals surface area contributed by atoms with Crippen LogP contribution in [0.3, 0.4) is 0 Å². The van der Waals surface area contributed by atoms with Crippen LogP contribution < -0.4 is 5.32 Å². The Morgan fingerprint density at radius 3 is 0.847 bits per heavy atom. The molecule has 0 heterocycles. The van der Waals surface area contributed by atoms with Gasteiger partial charge in [0.1, 0.15) is 0 Å². The molecule has 2 unspecified atom stereocenters. The predicted molar refractivity (Wildman–Crippen MR) is 375 cm³/mol. The van der Waals surface area contributed by atoms with E-state index >= 15 is 0 Å². The average Bonchev–Trinajstić information content (AvgIpc) is 3.51. The lowest BCUT2D eigenvalue weighted by Gasteiger charge is -2.20. The molecule has 0 radical (unpaired) electrons. The first-order chi connectivity index (χ1) is 42.0. The Kier molecular flexibility index (Phi) is 72.9. The lowest BCUT2D eigenvalue weighted by atomic mass is 10.0. The van der Waals surface area contributed by atoms with Gasteiger partial charge < -0.3 is 20.3 Å². The number of rotatable bonds is 73. The maximum Gasteiger partial charge on any atom is 0.305 e. The van der Waals surface area contributed by atoms with Gasteiger partial charge in [0, 0.05) is 12.8 Å².